The van der Waals surface area contributed by atoms with Crippen LogP contribution in [0.15, 0.2) is 46.9 Å². The number of esters is 1. The van der Waals surface area contributed by atoms with Crippen molar-refractivity contribution in [3.05, 3.63) is 63.6 Å². The fourth-order valence-corrected chi connectivity index (χ4v) is 3.28. The fraction of sp³-hybridized carbons (Fsp3) is 0.263. The van der Waals surface area contributed by atoms with Crippen LogP contribution in [0, 0.1) is 6.92 Å². The van der Waals surface area contributed by atoms with Gasteiger partial charge in [-0.2, -0.15) is 0 Å². The van der Waals surface area contributed by atoms with Crippen molar-refractivity contribution in [1.82, 2.24) is 0 Å². The van der Waals surface area contributed by atoms with Gasteiger partial charge >= 0.3 is 5.97 Å². The second-order valence-electron chi connectivity index (χ2n) is 5.37. The van der Waals surface area contributed by atoms with Crippen LogP contribution >= 0.6 is 27.7 Å². The average molecular weight is 422 g/mol. The lowest BCUT2D eigenvalue weighted by atomic mass is 10.1. The van der Waals surface area contributed by atoms with Crippen molar-refractivity contribution in [3.63, 3.8) is 0 Å². The largest absolute Gasteiger partial charge is 0.462 e. The highest BCUT2D eigenvalue weighted by atomic mass is 79.9. The maximum Gasteiger partial charge on any atom is 0.338 e. The van der Waals surface area contributed by atoms with Crippen LogP contribution in [0.5, 0.6) is 0 Å². The highest BCUT2D eigenvalue weighted by Gasteiger charge is 2.14. The van der Waals surface area contributed by atoms with E-state index >= 15 is 0 Å². The van der Waals surface area contributed by atoms with E-state index in [0.29, 0.717) is 29.2 Å². The highest BCUT2D eigenvalue weighted by molar-refractivity contribution is 9.10. The number of thioether (sulfide) groups is 1. The van der Waals surface area contributed by atoms with Crippen molar-refractivity contribution >= 4 is 45.3 Å². The van der Waals surface area contributed by atoms with E-state index in [1.54, 1.807) is 43.8 Å². The zero-order valence-electron chi connectivity index (χ0n) is 14.2. The van der Waals surface area contributed by atoms with Crippen LogP contribution < -0.4 is 5.32 Å². The Morgan fingerprint density at radius 2 is 1.88 bits per heavy atom. The van der Waals surface area contributed by atoms with Crippen molar-refractivity contribution in [2.75, 3.05) is 17.7 Å². The highest BCUT2D eigenvalue weighted by Crippen LogP contribution is 2.21. The second-order valence-corrected chi connectivity index (χ2v) is 7.27. The van der Waals surface area contributed by atoms with Crippen molar-refractivity contribution in [1.29, 1.82) is 0 Å². The van der Waals surface area contributed by atoms with E-state index in [1.807, 2.05) is 24.3 Å². The van der Waals surface area contributed by atoms with Gasteiger partial charge in [-0.15, -0.1) is 11.8 Å². The Morgan fingerprint density at radius 3 is 2.56 bits per heavy atom. The Morgan fingerprint density at radius 1 is 1.16 bits per heavy atom. The first-order chi connectivity index (χ1) is 12.0. The normalized spacial score (nSPS) is 10.4. The van der Waals surface area contributed by atoms with Gasteiger partial charge in [-0.25, -0.2) is 4.79 Å². The summed E-state index contributed by atoms with van der Waals surface area (Å²) in [5.41, 5.74) is 3.00. The van der Waals surface area contributed by atoms with Crippen LogP contribution in [0.2, 0.25) is 0 Å². The van der Waals surface area contributed by atoms with Gasteiger partial charge in [-0.05, 0) is 49.2 Å². The number of carbonyl (C=O) groups excluding carboxylic acids is 2. The summed E-state index contributed by atoms with van der Waals surface area (Å²) in [6.45, 7) is 3.89. The van der Waals surface area contributed by atoms with Crippen LogP contribution in [0.25, 0.3) is 0 Å². The van der Waals surface area contributed by atoms with E-state index in [1.165, 1.54) is 5.56 Å². The predicted molar refractivity (Wildman–Crippen MR) is 106 cm³/mol. The molecule has 0 aromatic heterocycles. The van der Waals surface area contributed by atoms with Gasteiger partial charge in [0.2, 0.25) is 5.91 Å². The summed E-state index contributed by atoms with van der Waals surface area (Å²) in [6.07, 6.45) is 0. The molecule has 2 aromatic rings. The van der Waals surface area contributed by atoms with Gasteiger partial charge in [0.15, 0.2) is 0 Å². The molecule has 132 valence electrons. The number of benzene rings is 2. The van der Waals surface area contributed by atoms with Crippen LogP contribution in [-0.4, -0.2) is 24.2 Å². The average Bonchev–Trinajstić information content (AvgIpc) is 2.59. The first-order valence-electron chi connectivity index (χ1n) is 7.90. The zero-order chi connectivity index (χ0) is 18.2. The summed E-state index contributed by atoms with van der Waals surface area (Å²) < 4.78 is 6.07. The summed E-state index contributed by atoms with van der Waals surface area (Å²) >= 11 is 4.95. The molecule has 0 heterocycles. The number of rotatable bonds is 7. The van der Waals surface area contributed by atoms with Crippen LogP contribution in [0.1, 0.15) is 28.4 Å². The minimum absolute atomic E-state index is 0.0915. The molecule has 25 heavy (non-hydrogen) atoms. The summed E-state index contributed by atoms with van der Waals surface area (Å²) in [5.74, 6) is 0.647. The third-order valence-electron chi connectivity index (χ3n) is 3.52. The minimum atomic E-state index is -0.374. The Labute approximate surface area is 160 Å². The molecule has 1 N–H and O–H groups in total. The predicted octanol–water partition coefficient (Wildman–Crippen LogP) is 4.81. The van der Waals surface area contributed by atoms with E-state index in [0.717, 1.165) is 10.2 Å². The number of hydrogen-bond donors (Lipinski definition) is 1. The Kier molecular flexibility index (Phi) is 7.52. The monoisotopic (exact) mass is 421 g/mol. The molecule has 4 nitrogen and oxygen atoms in total. The van der Waals surface area contributed by atoms with Gasteiger partial charge in [0, 0.05) is 15.9 Å². The summed E-state index contributed by atoms with van der Waals surface area (Å²) in [6, 6.07) is 13.3. The van der Waals surface area contributed by atoms with Gasteiger partial charge in [-0.3, -0.25) is 4.79 Å². The lowest BCUT2D eigenvalue weighted by Crippen LogP contribution is -2.16. The number of ether oxygens (including phenoxy) is 1. The molecule has 0 atom stereocenters. The molecule has 0 saturated heterocycles. The number of hydrogen-bond acceptors (Lipinski definition) is 4. The number of nitrogens with one attached hydrogen (secondary N) is 1. The van der Waals surface area contributed by atoms with Crippen LogP contribution in [-0.2, 0) is 15.3 Å². The van der Waals surface area contributed by atoms with Crippen molar-refractivity contribution in [3.8, 4) is 0 Å². The van der Waals surface area contributed by atoms with E-state index in [-0.39, 0.29) is 11.9 Å². The molecule has 0 aliphatic carbocycles. The molecule has 0 spiro atoms. The number of halogens is 1. The quantitative estimate of drug-likeness (QED) is 0.651. The summed E-state index contributed by atoms with van der Waals surface area (Å²) in [4.78, 5) is 24.1. The SMILES string of the molecule is CCOC(=O)c1cccc(NC(=O)CSCc2ccc(Br)cc2)c1C. The Bertz CT molecular complexity index is 747. The molecule has 0 aliphatic heterocycles. The third kappa shape index (κ3) is 5.90. The molecule has 1 amide bonds. The molecule has 0 fully saturated rings. The molecular weight excluding hydrogens is 402 g/mol. The van der Waals surface area contributed by atoms with Gasteiger partial charge in [0.05, 0.1) is 17.9 Å². The fourth-order valence-electron chi connectivity index (χ4n) is 2.23. The van der Waals surface area contributed by atoms with E-state index < -0.39 is 0 Å². The van der Waals surface area contributed by atoms with Gasteiger partial charge in [0.1, 0.15) is 0 Å². The smallest absolute Gasteiger partial charge is 0.338 e. The molecule has 0 unspecified atom stereocenters. The van der Waals surface area contributed by atoms with Crippen LogP contribution in [0.4, 0.5) is 5.69 Å². The molecule has 0 aliphatic rings. The van der Waals surface area contributed by atoms with E-state index in [4.69, 9.17) is 4.74 Å². The standard InChI is InChI=1S/C19H20BrNO3S/c1-3-24-19(23)16-5-4-6-17(13(16)2)21-18(22)12-25-11-14-7-9-15(20)10-8-14/h4-10H,3,11-12H2,1-2H3,(H,21,22). The van der Waals surface area contributed by atoms with Crippen molar-refractivity contribution < 1.29 is 14.3 Å². The molecule has 2 rings (SSSR count). The molecule has 0 radical (unpaired) electrons. The third-order valence-corrected chi connectivity index (χ3v) is 5.05. The lowest BCUT2D eigenvalue weighted by molar-refractivity contribution is -0.113. The maximum atomic E-state index is 12.2. The first kappa shape index (κ1) is 19.5. The van der Waals surface area contributed by atoms with Crippen LogP contribution in [0.3, 0.4) is 0 Å². The summed E-state index contributed by atoms with van der Waals surface area (Å²) in [5, 5.41) is 2.87. The zero-order valence-corrected chi connectivity index (χ0v) is 16.6. The lowest BCUT2D eigenvalue weighted by Gasteiger charge is -2.12. The van der Waals surface area contributed by atoms with Gasteiger partial charge < -0.3 is 10.1 Å². The molecule has 2 aromatic carbocycles. The van der Waals surface area contributed by atoms with Gasteiger partial charge in [-0.1, -0.05) is 34.1 Å². The molecular formula is C19H20BrNO3S. The first-order valence-corrected chi connectivity index (χ1v) is 9.84. The Hall–Kier alpha value is -1.79. The van der Waals surface area contributed by atoms with E-state index in [2.05, 4.69) is 21.2 Å². The van der Waals surface area contributed by atoms with Gasteiger partial charge in [0.25, 0.3) is 0 Å². The Balaban J connectivity index is 1.90. The summed E-state index contributed by atoms with van der Waals surface area (Å²) in [7, 11) is 0. The topological polar surface area (TPSA) is 55.4 Å². The molecule has 6 heteroatoms. The van der Waals surface area contributed by atoms with Crippen molar-refractivity contribution in [2.24, 2.45) is 0 Å². The van der Waals surface area contributed by atoms with Crippen molar-refractivity contribution in [2.45, 2.75) is 19.6 Å². The molecule has 0 bridgehead atoms. The maximum absolute atomic E-state index is 12.2. The number of amides is 1. The number of carbonyl (C=O) groups is 2. The number of anilines is 1. The van der Waals surface area contributed by atoms with E-state index in [9.17, 15) is 9.59 Å². The second kappa shape index (κ2) is 9.63. The minimum Gasteiger partial charge on any atom is -0.462 e. The molecule has 0 saturated carbocycles.